The smallest absolute Gasteiger partial charge is 0.327 e. The number of nitrogens with zero attached hydrogens (tertiary/aromatic N) is 3. The van der Waals surface area contributed by atoms with E-state index in [1.807, 2.05) is 4.68 Å². The Labute approximate surface area is 122 Å². The average Bonchev–Trinajstić information content (AvgIpc) is 2.74. The molecule has 1 aromatic heterocycles. The second-order valence-corrected chi connectivity index (χ2v) is 5.89. The molecule has 1 amide bonds. The van der Waals surface area contributed by atoms with E-state index in [9.17, 15) is 9.59 Å². The standard InChI is InChI=1S/C12H20N4O3S/c1-8(2)4-16-11(13-7-14-16)6-20-5-10(12(18)19)15-9(3)17/h7-8,10H,4-6H2,1-3H3,(H,15,17)(H,18,19). The van der Waals surface area contributed by atoms with Gasteiger partial charge in [0.25, 0.3) is 0 Å². The number of hydrogen-bond acceptors (Lipinski definition) is 5. The van der Waals surface area contributed by atoms with Gasteiger partial charge in [0.2, 0.25) is 5.91 Å². The maximum Gasteiger partial charge on any atom is 0.327 e. The molecule has 0 aliphatic rings. The molecule has 7 nitrogen and oxygen atoms in total. The molecule has 0 aromatic carbocycles. The summed E-state index contributed by atoms with van der Waals surface area (Å²) in [5.74, 6) is 0.763. The number of thioether (sulfide) groups is 1. The zero-order valence-electron chi connectivity index (χ0n) is 11.9. The summed E-state index contributed by atoms with van der Waals surface area (Å²) in [5, 5.41) is 15.5. The van der Waals surface area contributed by atoms with Crippen molar-refractivity contribution in [2.24, 2.45) is 5.92 Å². The van der Waals surface area contributed by atoms with Gasteiger partial charge in [0.15, 0.2) is 0 Å². The molecule has 1 atom stereocenters. The lowest BCUT2D eigenvalue weighted by Crippen LogP contribution is -2.41. The number of hydrogen-bond donors (Lipinski definition) is 2. The van der Waals surface area contributed by atoms with E-state index in [2.05, 4.69) is 29.2 Å². The molecule has 112 valence electrons. The molecule has 1 unspecified atom stereocenters. The number of carboxylic acids is 1. The minimum Gasteiger partial charge on any atom is -0.480 e. The van der Waals surface area contributed by atoms with Crippen LogP contribution in [0.15, 0.2) is 6.33 Å². The van der Waals surface area contributed by atoms with Gasteiger partial charge in [-0.3, -0.25) is 4.79 Å². The normalized spacial score (nSPS) is 12.4. The molecular formula is C12H20N4O3S. The number of nitrogens with one attached hydrogen (secondary N) is 1. The first-order valence-electron chi connectivity index (χ1n) is 6.34. The molecule has 0 bridgehead atoms. The van der Waals surface area contributed by atoms with Crippen molar-refractivity contribution in [3.63, 3.8) is 0 Å². The molecule has 0 saturated carbocycles. The Bertz CT molecular complexity index is 461. The summed E-state index contributed by atoms with van der Waals surface area (Å²) in [7, 11) is 0. The third kappa shape index (κ3) is 5.60. The Morgan fingerprint density at radius 3 is 2.75 bits per heavy atom. The lowest BCUT2D eigenvalue weighted by molar-refractivity contribution is -0.140. The first kappa shape index (κ1) is 16.5. The molecular weight excluding hydrogens is 280 g/mol. The molecule has 8 heteroatoms. The van der Waals surface area contributed by atoms with Gasteiger partial charge in [0.1, 0.15) is 18.2 Å². The highest BCUT2D eigenvalue weighted by molar-refractivity contribution is 7.98. The quantitative estimate of drug-likeness (QED) is 0.735. The van der Waals surface area contributed by atoms with Crippen LogP contribution in [0.25, 0.3) is 0 Å². The Morgan fingerprint density at radius 1 is 1.50 bits per heavy atom. The predicted molar refractivity (Wildman–Crippen MR) is 76.3 cm³/mol. The maximum absolute atomic E-state index is 11.0. The molecule has 1 heterocycles. The van der Waals surface area contributed by atoms with E-state index in [1.165, 1.54) is 25.0 Å². The average molecular weight is 300 g/mol. The van der Waals surface area contributed by atoms with Gasteiger partial charge in [-0.25, -0.2) is 14.5 Å². The van der Waals surface area contributed by atoms with E-state index in [0.717, 1.165) is 12.4 Å². The Morgan fingerprint density at radius 2 is 2.20 bits per heavy atom. The highest BCUT2D eigenvalue weighted by atomic mass is 32.2. The van der Waals surface area contributed by atoms with Crippen molar-refractivity contribution >= 4 is 23.6 Å². The minimum atomic E-state index is -1.03. The Hall–Kier alpha value is -1.57. The van der Waals surface area contributed by atoms with Crippen LogP contribution >= 0.6 is 11.8 Å². The number of carbonyl (C=O) groups is 2. The van der Waals surface area contributed by atoms with Crippen LogP contribution in [-0.2, 0) is 21.9 Å². The molecule has 0 aliphatic carbocycles. The second-order valence-electron chi connectivity index (χ2n) is 4.86. The van der Waals surface area contributed by atoms with Gasteiger partial charge in [0.05, 0.1) is 5.75 Å². The molecule has 0 aliphatic heterocycles. The van der Waals surface area contributed by atoms with Crippen molar-refractivity contribution in [2.75, 3.05) is 5.75 Å². The molecule has 2 N–H and O–H groups in total. The molecule has 1 rings (SSSR count). The third-order valence-corrected chi connectivity index (χ3v) is 3.46. The van der Waals surface area contributed by atoms with Gasteiger partial charge in [0, 0.05) is 19.2 Å². The van der Waals surface area contributed by atoms with E-state index in [0.29, 0.717) is 17.4 Å². The third-order valence-electron chi connectivity index (χ3n) is 2.43. The van der Waals surface area contributed by atoms with Gasteiger partial charge >= 0.3 is 5.97 Å². The van der Waals surface area contributed by atoms with Gasteiger partial charge < -0.3 is 10.4 Å². The zero-order valence-corrected chi connectivity index (χ0v) is 12.7. The molecule has 0 spiro atoms. The minimum absolute atomic E-state index is 0.295. The fraction of sp³-hybridized carbons (Fsp3) is 0.667. The molecule has 20 heavy (non-hydrogen) atoms. The lowest BCUT2D eigenvalue weighted by Gasteiger charge is -2.13. The van der Waals surface area contributed by atoms with Crippen molar-refractivity contribution in [3.05, 3.63) is 12.2 Å². The van der Waals surface area contributed by atoms with E-state index >= 15 is 0 Å². The Kier molecular flexibility index (Phi) is 6.50. The van der Waals surface area contributed by atoms with Crippen molar-refractivity contribution in [1.82, 2.24) is 20.1 Å². The molecule has 0 radical (unpaired) electrons. The number of amides is 1. The largest absolute Gasteiger partial charge is 0.480 e. The van der Waals surface area contributed by atoms with Crippen LogP contribution in [0.3, 0.4) is 0 Å². The van der Waals surface area contributed by atoms with Gasteiger partial charge in [-0.05, 0) is 5.92 Å². The van der Waals surface area contributed by atoms with Crippen molar-refractivity contribution in [2.45, 2.75) is 39.1 Å². The number of aromatic nitrogens is 3. The number of carboxylic acid groups (broad SMARTS) is 1. The van der Waals surface area contributed by atoms with Crippen LogP contribution in [0.4, 0.5) is 0 Å². The van der Waals surface area contributed by atoms with Crippen LogP contribution in [0.2, 0.25) is 0 Å². The summed E-state index contributed by atoms with van der Waals surface area (Å²) in [6, 6.07) is -0.876. The molecule has 0 saturated heterocycles. The highest BCUT2D eigenvalue weighted by Crippen LogP contribution is 2.12. The lowest BCUT2D eigenvalue weighted by atomic mass is 10.2. The van der Waals surface area contributed by atoms with Gasteiger partial charge in [-0.2, -0.15) is 16.9 Å². The predicted octanol–water partition coefficient (Wildman–Crippen LogP) is 0.757. The summed E-state index contributed by atoms with van der Waals surface area (Å²) >= 11 is 1.41. The second kappa shape index (κ2) is 7.88. The highest BCUT2D eigenvalue weighted by Gasteiger charge is 2.18. The molecule has 1 aromatic rings. The summed E-state index contributed by atoms with van der Waals surface area (Å²) in [5.41, 5.74) is 0. The van der Waals surface area contributed by atoms with E-state index < -0.39 is 12.0 Å². The number of rotatable bonds is 8. The van der Waals surface area contributed by atoms with Crippen LogP contribution in [0.1, 0.15) is 26.6 Å². The monoisotopic (exact) mass is 300 g/mol. The van der Waals surface area contributed by atoms with Crippen LogP contribution < -0.4 is 5.32 Å². The first-order valence-corrected chi connectivity index (χ1v) is 7.50. The van der Waals surface area contributed by atoms with E-state index in [-0.39, 0.29) is 5.91 Å². The SMILES string of the molecule is CC(=O)NC(CSCc1ncnn1CC(C)C)C(=O)O. The van der Waals surface area contributed by atoms with E-state index in [4.69, 9.17) is 5.11 Å². The summed E-state index contributed by atoms with van der Waals surface area (Å²) in [6.07, 6.45) is 1.50. The summed E-state index contributed by atoms with van der Waals surface area (Å²) < 4.78 is 1.83. The summed E-state index contributed by atoms with van der Waals surface area (Å²) in [6.45, 7) is 6.27. The molecule has 0 fully saturated rings. The van der Waals surface area contributed by atoms with Crippen LogP contribution in [0.5, 0.6) is 0 Å². The maximum atomic E-state index is 11.0. The number of carbonyl (C=O) groups excluding carboxylic acids is 1. The fourth-order valence-electron chi connectivity index (χ4n) is 1.59. The van der Waals surface area contributed by atoms with Crippen molar-refractivity contribution in [1.29, 1.82) is 0 Å². The van der Waals surface area contributed by atoms with Crippen LogP contribution in [-0.4, -0.2) is 43.5 Å². The summed E-state index contributed by atoms with van der Waals surface area (Å²) in [4.78, 5) is 26.1. The van der Waals surface area contributed by atoms with Crippen molar-refractivity contribution < 1.29 is 14.7 Å². The first-order chi connectivity index (χ1) is 9.40. The Balaban J connectivity index is 2.48. The zero-order chi connectivity index (χ0) is 15.1. The van der Waals surface area contributed by atoms with E-state index in [1.54, 1.807) is 0 Å². The number of aliphatic carboxylic acids is 1. The van der Waals surface area contributed by atoms with Crippen LogP contribution in [0, 0.1) is 5.92 Å². The van der Waals surface area contributed by atoms with Gasteiger partial charge in [-0.1, -0.05) is 13.8 Å². The van der Waals surface area contributed by atoms with Gasteiger partial charge in [-0.15, -0.1) is 0 Å². The topological polar surface area (TPSA) is 97.1 Å². The van der Waals surface area contributed by atoms with Crippen molar-refractivity contribution in [3.8, 4) is 0 Å². The fourth-order valence-corrected chi connectivity index (χ4v) is 2.57.